The second kappa shape index (κ2) is 10.4. The second-order valence-electron chi connectivity index (χ2n) is 8.24. The number of hydrogen-bond donors (Lipinski definition) is 4. The standard InChI is InChI=1S/C22H20FN7O6S2/c23-10-36-27-15(14-9-38-22(24)25-14)18(32)26-16-19(33)30-17(21(34)35)11(8-37-20(16)30)5-28-3-4-29-12(6-28)1-2-13(29)7-31/h1-4,6,9,16,20,31H,5,7-8,10H2,(H3-,24,25,26,32,34,35)/p+1/b27-15-/t16-,20-/m1/s1. The molecule has 1 fully saturated rings. The number of aromatic nitrogens is 3. The van der Waals surface area contributed by atoms with Crippen molar-refractivity contribution in [1.82, 2.24) is 19.6 Å². The molecule has 2 amide bonds. The minimum absolute atomic E-state index is 0.0508. The van der Waals surface area contributed by atoms with Gasteiger partial charge in [0.15, 0.2) is 29.8 Å². The van der Waals surface area contributed by atoms with Crippen molar-refractivity contribution in [1.29, 1.82) is 0 Å². The lowest BCUT2D eigenvalue weighted by Gasteiger charge is -2.49. The Balaban J connectivity index is 1.35. The van der Waals surface area contributed by atoms with Crippen LogP contribution in [-0.4, -0.2) is 72.0 Å². The largest absolute Gasteiger partial charge is 0.477 e. The lowest BCUT2D eigenvalue weighted by atomic mass is 10.0. The molecule has 5 rings (SSSR count). The van der Waals surface area contributed by atoms with Gasteiger partial charge in [-0.3, -0.25) is 14.5 Å². The van der Waals surface area contributed by atoms with Crippen molar-refractivity contribution in [2.45, 2.75) is 24.6 Å². The number of rotatable bonds is 9. The first kappa shape index (κ1) is 25.6. The van der Waals surface area contributed by atoms with E-state index >= 15 is 0 Å². The van der Waals surface area contributed by atoms with Crippen LogP contribution < -0.4 is 15.6 Å². The molecule has 0 bridgehead atoms. The third kappa shape index (κ3) is 4.57. The van der Waals surface area contributed by atoms with Gasteiger partial charge in [0.05, 0.1) is 12.8 Å². The van der Waals surface area contributed by atoms with Crippen LogP contribution in [0.15, 0.2) is 52.5 Å². The number of thiazole rings is 1. The van der Waals surface area contributed by atoms with Gasteiger partial charge in [-0.15, -0.1) is 23.1 Å². The summed E-state index contributed by atoms with van der Waals surface area (Å²) in [6, 6.07) is 2.60. The van der Waals surface area contributed by atoms with E-state index in [-0.39, 0.29) is 35.4 Å². The number of anilines is 1. The predicted molar refractivity (Wildman–Crippen MR) is 133 cm³/mol. The third-order valence-corrected chi connectivity index (χ3v) is 8.01. The molecule has 3 aromatic heterocycles. The van der Waals surface area contributed by atoms with Crippen molar-refractivity contribution in [2.24, 2.45) is 5.16 Å². The summed E-state index contributed by atoms with van der Waals surface area (Å²) in [7, 11) is 0. The molecule has 0 radical (unpaired) electrons. The number of halogens is 1. The number of carbonyl (C=O) groups is 3. The fourth-order valence-electron chi connectivity index (χ4n) is 4.31. The highest BCUT2D eigenvalue weighted by Gasteiger charge is 2.54. The van der Waals surface area contributed by atoms with Crippen LogP contribution in [0.1, 0.15) is 11.4 Å². The smallest absolute Gasteiger partial charge is 0.352 e. The maximum absolute atomic E-state index is 13.0. The molecule has 0 spiro atoms. The van der Waals surface area contributed by atoms with Crippen LogP contribution in [-0.2, 0) is 32.4 Å². The van der Waals surface area contributed by atoms with E-state index in [1.54, 1.807) is 23.0 Å². The Morgan fingerprint density at radius 2 is 2.21 bits per heavy atom. The fraction of sp³-hybridized carbons (Fsp3) is 0.273. The van der Waals surface area contributed by atoms with Gasteiger partial charge < -0.3 is 30.5 Å². The number of alkyl halides is 1. The molecule has 0 unspecified atom stereocenters. The van der Waals surface area contributed by atoms with Crippen LogP contribution in [0.3, 0.4) is 0 Å². The number of carboxylic acid groups (broad SMARTS) is 1. The normalized spacial score (nSPS) is 19.4. The van der Waals surface area contributed by atoms with Crippen molar-refractivity contribution in [3.05, 3.63) is 58.8 Å². The molecule has 0 aliphatic carbocycles. The van der Waals surface area contributed by atoms with Crippen molar-refractivity contribution in [2.75, 3.05) is 18.3 Å². The minimum Gasteiger partial charge on any atom is -0.477 e. The Hall–Kier alpha value is -4.02. The van der Waals surface area contributed by atoms with Crippen LogP contribution in [0.25, 0.3) is 5.52 Å². The van der Waals surface area contributed by atoms with Gasteiger partial charge in [-0.2, -0.15) is 4.57 Å². The number of carbonyl (C=O) groups excluding carboxylic acids is 2. The van der Waals surface area contributed by atoms with E-state index in [1.165, 1.54) is 17.1 Å². The Morgan fingerprint density at radius 1 is 1.39 bits per heavy atom. The maximum Gasteiger partial charge on any atom is 0.352 e. The molecule has 0 aromatic carbocycles. The SMILES string of the molecule is Nc1nc(/C(=N/OCF)C(=O)N[C@@H]2C(=O)N3C(C(=O)O)=C(C[n+]4ccn5c(CO)ccc5c4)CS[C@H]23)cs1. The Labute approximate surface area is 222 Å². The lowest BCUT2D eigenvalue weighted by Crippen LogP contribution is -2.71. The van der Waals surface area contributed by atoms with Gasteiger partial charge in [0.1, 0.15) is 28.3 Å². The van der Waals surface area contributed by atoms with Crippen LogP contribution >= 0.6 is 23.1 Å². The summed E-state index contributed by atoms with van der Waals surface area (Å²) in [5.74, 6) is -2.40. The average Bonchev–Trinajstić information content (AvgIpc) is 3.52. The number of oxime groups is 1. The summed E-state index contributed by atoms with van der Waals surface area (Å²) < 4.78 is 16.1. The highest BCUT2D eigenvalue weighted by Crippen LogP contribution is 2.40. The number of amides is 2. The molecule has 2 aliphatic rings. The number of nitrogen functional groups attached to an aromatic ring is 1. The van der Waals surface area contributed by atoms with E-state index < -0.39 is 36.1 Å². The third-order valence-electron chi connectivity index (χ3n) is 6.00. The van der Waals surface area contributed by atoms with E-state index in [0.717, 1.165) is 27.4 Å². The number of nitrogens with two attached hydrogens (primary N) is 1. The number of thioether (sulfide) groups is 1. The average molecular weight is 563 g/mol. The van der Waals surface area contributed by atoms with Crippen molar-refractivity contribution in [3.63, 3.8) is 0 Å². The molecule has 3 aromatic rings. The molecule has 5 heterocycles. The maximum atomic E-state index is 13.0. The molecule has 13 nitrogen and oxygen atoms in total. The van der Waals surface area contributed by atoms with Crippen LogP contribution in [0.4, 0.5) is 9.52 Å². The molecule has 16 heteroatoms. The van der Waals surface area contributed by atoms with E-state index in [1.807, 2.05) is 16.7 Å². The predicted octanol–water partition coefficient (Wildman–Crippen LogP) is -0.156. The molecular formula is C22H21FN7O6S2+. The fourth-order valence-corrected chi connectivity index (χ4v) is 6.20. The van der Waals surface area contributed by atoms with Gasteiger partial charge >= 0.3 is 5.97 Å². The van der Waals surface area contributed by atoms with Crippen molar-refractivity contribution >= 4 is 57.2 Å². The highest BCUT2D eigenvalue weighted by atomic mass is 32.2. The Bertz CT molecular complexity index is 1500. The van der Waals surface area contributed by atoms with Crippen molar-refractivity contribution in [3.8, 4) is 0 Å². The van der Waals surface area contributed by atoms with Gasteiger partial charge in [-0.1, -0.05) is 5.16 Å². The number of hydrogen-bond acceptors (Lipinski definition) is 10. The summed E-state index contributed by atoms with van der Waals surface area (Å²) >= 11 is 2.35. The van der Waals surface area contributed by atoms with E-state index in [9.17, 15) is 29.0 Å². The highest BCUT2D eigenvalue weighted by molar-refractivity contribution is 8.00. The van der Waals surface area contributed by atoms with Gasteiger partial charge in [-0.05, 0) is 12.1 Å². The monoisotopic (exact) mass is 562 g/mol. The molecule has 2 aliphatic heterocycles. The second-order valence-corrected chi connectivity index (χ2v) is 10.2. The summed E-state index contributed by atoms with van der Waals surface area (Å²) in [5.41, 5.74) is 7.22. The summed E-state index contributed by atoms with van der Waals surface area (Å²) in [6.45, 7) is -1.17. The summed E-state index contributed by atoms with van der Waals surface area (Å²) in [4.78, 5) is 47.6. The number of β-lactam (4-membered cyclic amide) rings is 1. The van der Waals surface area contributed by atoms with Gasteiger partial charge in [0.2, 0.25) is 0 Å². The van der Waals surface area contributed by atoms with Crippen molar-refractivity contribution < 1.29 is 38.4 Å². The first-order valence-electron chi connectivity index (χ1n) is 11.1. The van der Waals surface area contributed by atoms with Gasteiger partial charge in [-0.25, -0.2) is 14.2 Å². The zero-order valence-corrected chi connectivity index (χ0v) is 21.1. The number of aliphatic hydroxyl groups is 1. The first-order valence-corrected chi connectivity index (χ1v) is 13.0. The zero-order chi connectivity index (χ0) is 27.0. The Kier molecular flexibility index (Phi) is 7.00. The molecule has 0 saturated carbocycles. The summed E-state index contributed by atoms with van der Waals surface area (Å²) in [6.07, 6.45) is 5.33. The molecule has 2 atom stereocenters. The van der Waals surface area contributed by atoms with Crippen LogP contribution in [0, 0.1) is 0 Å². The number of nitrogens with one attached hydrogen (secondary N) is 1. The minimum atomic E-state index is -1.28. The lowest BCUT2D eigenvalue weighted by molar-refractivity contribution is -0.688. The first-order chi connectivity index (χ1) is 18.3. The van der Waals surface area contributed by atoms with E-state index in [2.05, 4.69) is 20.3 Å². The number of aliphatic carboxylic acids is 1. The molecule has 5 N–H and O–H groups in total. The molecule has 1 saturated heterocycles. The zero-order valence-electron chi connectivity index (χ0n) is 19.5. The molecule has 198 valence electrons. The number of nitrogens with zero attached hydrogens (tertiary/aromatic N) is 5. The van der Waals surface area contributed by atoms with Gasteiger partial charge in [0.25, 0.3) is 18.7 Å². The summed E-state index contributed by atoms with van der Waals surface area (Å²) in [5, 5.41) is 26.3. The topological polar surface area (TPSA) is 176 Å². The van der Waals surface area contributed by atoms with E-state index in [4.69, 9.17) is 5.73 Å². The quantitative estimate of drug-likeness (QED) is 0.120. The van der Waals surface area contributed by atoms with Crippen LogP contribution in [0.5, 0.6) is 0 Å². The number of carboxylic acids is 1. The Morgan fingerprint density at radius 3 is 2.89 bits per heavy atom. The van der Waals surface area contributed by atoms with Gasteiger partial charge in [0, 0.05) is 22.4 Å². The molecular weight excluding hydrogens is 541 g/mol. The van der Waals surface area contributed by atoms with E-state index in [0.29, 0.717) is 11.3 Å². The number of fused-ring (bicyclic) bond motifs is 2. The number of aliphatic hydroxyl groups excluding tert-OH is 1. The van der Waals surface area contributed by atoms with Crippen LogP contribution in [0.2, 0.25) is 0 Å². The molecule has 38 heavy (non-hydrogen) atoms.